The predicted molar refractivity (Wildman–Crippen MR) is 123 cm³/mol. The SMILES string of the molecule is Cc1cccc2cc(CNc3ncnc(N)c3C(=[NH2+])C#C[C@@H](C)O)n(C(C)C)c(=O)c12. The molecule has 0 unspecified atom stereocenters. The standard InChI is InChI=1S/C23H26N6O2/c1-13(2)29-17(10-16-7-5-6-14(3)19(16)23(29)31)11-26-22-20(21(25)27-12-28-22)18(24)9-8-15(4)30/h5-7,10,12-13,15,24,30H,11H2,1-4H3,(H3,25,26,27,28)/p+1/t15-/m1/s1. The fourth-order valence-electron chi connectivity index (χ4n) is 3.52. The molecule has 0 radical (unpaired) electrons. The second kappa shape index (κ2) is 8.98. The van der Waals surface area contributed by atoms with Crippen LogP contribution in [0, 0.1) is 18.8 Å². The number of hydrogen-bond donors (Lipinski definition) is 4. The van der Waals surface area contributed by atoms with Crippen LogP contribution < -0.4 is 22.0 Å². The molecule has 0 saturated heterocycles. The van der Waals surface area contributed by atoms with E-state index in [9.17, 15) is 9.90 Å². The van der Waals surface area contributed by atoms with Crippen LogP contribution in [0.2, 0.25) is 0 Å². The largest absolute Gasteiger partial charge is 0.383 e. The molecule has 0 spiro atoms. The highest BCUT2D eigenvalue weighted by molar-refractivity contribution is 6.14. The van der Waals surface area contributed by atoms with Crippen LogP contribution in [-0.4, -0.2) is 31.5 Å². The van der Waals surface area contributed by atoms with Crippen molar-refractivity contribution >= 4 is 28.1 Å². The summed E-state index contributed by atoms with van der Waals surface area (Å²) >= 11 is 0. The number of aliphatic hydroxyl groups is 1. The van der Waals surface area contributed by atoms with E-state index in [2.05, 4.69) is 27.1 Å². The lowest BCUT2D eigenvalue weighted by Crippen LogP contribution is -2.40. The van der Waals surface area contributed by atoms with E-state index in [1.165, 1.54) is 13.3 Å². The van der Waals surface area contributed by atoms with Gasteiger partial charge < -0.3 is 20.7 Å². The smallest absolute Gasteiger partial charge is 0.263 e. The molecule has 0 amide bonds. The topological polar surface area (TPSA) is 132 Å². The Hall–Kier alpha value is -3.70. The van der Waals surface area contributed by atoms with E-state index >= 15 is 0 Å². The van der Waals surface area contributed by atoms with Crippen molar-refractivity contribution in [3.05, 3.63) is 57.8 Å². The molecule has 6 N–H and O–H groups in total. The zero-order chi connectivity index (χ0) is 22.7. The fourth-order valence-corrected chi connectivity index (χ4v) is 3.52. The molecule has 0 fully saturated rings. The van der Waals surface area contributed by atoms with Crippen molar-refractivity contribution in [2.45, 2.75) is 46.4 Å². The summed E-state index contributed by atoms with van der Waals surface area (Å²) in [6, 6.07) is 7.78. The summed E-state index contributed by atoms with van der Waals surface area (Å²) in [7, 11) is 0. The first-order valence-electron chi connectivity index (χ1n) is 10.0. The summed E-state index contributed by atoms with van der Waals surface area (Å²) < 4.78 is 1.77. The van der Waals surface area contributed by atoms with Crippen LogP contribution in [0.3, 0.4) is 0 Å². The number of benzene rings is 1. The minimum Gasteiger partial charge on any atom is -0.383 e. The van der Waals surface area contributed by atoms with E-state index in [4.69, 9.17) is 11.1 Å². The lowest BCUT2D eigenvalue weighted by molar-refractivity contribution is -0.110. The van der Waals surface area contributed by atoms with E-state index in [-0.39, 0.29) is 23.1 Å². The third-order valence-electron chi connectivity index (χ3n) is 4.88. The van der Waals surface area contributed by atoms with Gasteiger partial charge in [-0.3, -0.25) is 4.79 Å². The van der Waals surface area contributed by atoms with Gasteiger partial charge in [-0.2, -0.15) is 0 Å². The number of aliphatic hydroxyl groups excluding tert-OH is 1. The van der Waals surface area contributed by atoms with Crippen LogP contribution in [-0.2, 0) is 6.54 Å². The van der Waals surface area contributed by atoms with Crippen molar-refractivity contribution in [3.8, 4) is 11.8 Å². The predicted octanol–water partition coefficient (Wildman–Crippen LogP) is 0.808. The molecule has 160 valence electrons. The number of pyridine rings is 1. The molecule has 0 aliphatic heterocycles. The van der Waals surface area contributed by atoms with Gasteiger partial charge in [-0.1, -0.05) is 24.1 Å². The Morgan fingerprint density at radius 3 is 2.74 bits per heavy atom. The Kier molecular flexibility index (Phi) is 6.37. The molecule has 31 heavy (non-hydrogen) atoms. The first-order chi connectivity index (χ1) is 14.7. The number of aryl methyl sites for hydroxylation is 1. The second-order valence-electron chi connectivity index (χ2n) is 7.64. The highest BCUT2D eigenvalue weighted by Gasteiger charge is 2.19. The number of anilines is 2. The van der Waals surface area contributed by atoms with Crippen LogP contribution in [0.25, 0.3) is 10.8 Å². The Bertz CT molecular complexity index is 1260. The lowest BCUT2D eigenvalue weighted by Gasteiger charge is -2.19. The highest BCUT2D eigenvalue weighted by Crippen LogP contribution is 2.21. The molecule has 2 heterocycles. The molecule has 3 aromatic rings. The number of nitrogens with two attached hydrogens (primary N) is 2. The number of hydrogen-bond acceptors (Lipinski definition) is 6. The maximum Gasteiger partial charge on any atom is 0.263 e. The van der Waals surface area contributed by atoms with Crippen LogP contribution in [0.1, 0.15) is 43.6 Å². The molecular formula is C23H27N6O2+. The minimum absolute atomic E-state index is 0.0290. The fraction of sp³-hybridized carbons (Fsp3) is 0.304. The van der Waals surface area contributed by atoms with Crippen LogP contribution in [0.15, 0.2) is 35.4 Å². The zero-order valence-electron chi connectivity index (χ0n) is 18.1. The number of nitrogen functional groups attached to an aromatic ring is 1. The van der Waals surface area contributed by atoms with Gasteiger partial charge in [0.15, 0.2) is 0 Å². The molecule has 1 aromatic carbocycles. The van der Waals surface area contributed by atoms with Gasteiger partial charge in [0.05, 0.1) is 11.9 Å². The van der Waals surface area contributed by atoms with Crippen molar-refractivity contribution in [2.24, 2.45) is 0 Å². The molecule has 0 aliphatic carbocycles. The summed E-state index contributed by atoms with van der Waals surface area (Å²) in [5.41, 5.74) is 8.25. The number of rotatable bonds is 5. The molecule has 0 aliphatic rings. The van der Waals surface area contributed by atoms with Crippen molar-refractivity contribution in [3.63, 3.8) is 0 Å². The van der Waals surface area contributed by atoms with Gasteiger partial charge in [-0.05, 0) is 44.7 Å². The maximum absolute atomic E-state index is 13.2. The first-order valence-corrected chi connectivity index (χ1v) is 10.0. The maximum atomic E-state index is 13.2. The summed E-state index contributed by atoms with van der Waals surface area (Å²) in [5.74, 6) is 5.85. The quantitative estimate of drug-likeness (QED) is 0.357. The van der Waals surface area contributed by atoms with E-state index in [1.807, 2.05) is 45.0 Å². The summed E-state index contributed by atoms with van der Waals surface area (Å²) in [6.07, 6.45) is 0.498. The van der Waals surface area contributed by atoms with Gasteiger partial charge in [0, 0.05) is 17.7 Å². The van der Waals surface area contributed by atoms with Crippen molar-refractivity contribution < 1.29 is 10.5 Å². The van der Waals surface area contributed by atoms with Gasteiger partial charge in [-0.25, -0.2) is 15.4 Å². The molecular weight excluding hydrogens is 392 g/mol. The Labute approximate surface area is 180 Å². The number of aromatic nitrogens is 3. The summed E-state index contributed by atoms with van der Waals surface area (Å²) in [4.78, 5) is 21.5. The summed E-state index contributed by atoms with van der Waals surface area (Å²) in [5, 5.41) is 20.3. The Morgan fingerprint density at radius 1 is 1.32 bits per heavy atom. The second-order valence-corrected chi connectivity index (χ2v) is 7.64. The third kappa shape index (κ3) is 4.57. The van der Waals surface area contributed by atoms with E-state index in [0.717, 1.165) is 22.0 Å². The molecule has 1 atom stereocenters. The van der Waals surface area contributed by atoms with Crippen molar-refractivity contribution in [2.75, 3.05) is 11.1 Å². The van der Waals surface area contributed by atoms with Gasteiger partial charge in [0.1, 0.15) is 29.6 Å². The average Bonchev–Trinajstić information content (AvgIpc) is 2.70. The molecule has 0 bridgehead atoms. The molecule has 0 saturated carbocycles. The summed E-state index contributed by atoms with van der Waals surface area (Å²) in [6.45, 7) is 7.74. The van der Waals surface area contributed by atoms with E-state index in [0.29, 0.717) is 17.9 Å². The zero-order valence-corrected chi connectivity index (χ0v) is 18.1. The van der Waals surface area contributed by atoms with Gasteiger partial charge in [0.25, 0.3) is 11.3 Å². The minimum atomic E-state index is -0.831. The van der Waals surface area contributed by atoms with E-state index in [1.54, 1.807) is 4.57 Å². The van der Waals surface area contributed by atoms with Crippen molar-refractivity contribution in [1.29, 1.82) is 0 Å². The Morgan fingerprint density at radius 2 is 2.06 bits per heavy atom. The first kappa shape index (κ1) is 22.0. The van der Waals surface area contributed by atoms with Gasteiger partial charge in [0.2, 0.25) is 0 Å². The van der Waals surface area contributed by atoms with Gasteiger partial charge >= 0.3 is 0 Å². The molecule has 2 aromatic heterocycles. The highest BCUT2D eigenvalue weighted by atomic mass is 16.3. The van der Waals surface area contributed by atoms with Crippen LogP contribution in [0.5, 0.6) is 0 Å². The van der Waals surface area contributed by atoms with Crippen LogP contribution in [0.4, 0.5) is 11.6 Å². The Balaban J connectivity index is 2.04. The average molecular weight is 420 g/mol. The number of fused-ring (bicyclic) bond motifs is 1. The number of nitrogens with zero attached hydrogens (tertiary/aromatic N) is 3. The van der Waals surface area contributed by atoms with Crippen LogP contribution >= 0.6 is 0 Å². The number of nitrogens with one attached hydrogen (secondary N) is 1. The monoisotopic (exact) mass is 419 g/mol. The van der Waals surface area contributed by atoms with E-state index < -0.39 is 6.10 Å². The lowest BCUT2D eigenvalue weighted by atomic mass is 10.1. The van der Waals surface area contributed by atoms with Gasteiger partial charge in [-0.15, -0.1) is 0 Å². The molecule has 8 heteroatoms. The molecule has 8 nitrogen and oxygen atoms in total. The molecule has 3 rings (SSSR count). The van der Waals surface area contributed by atoms with Crippen molar-refractivity contribution in [1.82, 2.24) is 14.5 Å². The normalized spacial score (nSPS) is 11.8. The third-order valence-corrected chi connectivity index (χ3v) is 4.88.